The van der Waals surface area contributed by atoms with Gasteiger partial charge in [-0.15, -0.1) is 0 Å². The van der Waals surface area contributed by atoms with Crippen LogP contribution >= 0.6 is 0 Å². The summed E-state index contributed by atoms with van der Waals surface area (Å²) in [5.74, 6) is -1.05. The first kappa shape index (κ1) is 22.1. The number of aliphatic hydroxyl groups is 3. The minimum absolute atomic E-state index is 0.182. The summed E-state index contributed by atoms with van der Waals surface area (Å²) in [5.41, 5.74) is 4.70. The second-order valence-electron chi connectivity index (χ2n) is 8.99. The molecule has 0 radical (unpaired) electrons. The van der Waals surface area contributed by atoms with Crippen molar-refractivity contribution in [3.8, 4) is 5.75 Å². The number of para-hydroxylation sites is 1. The standard InChI is InChI=1S/C24H28N2O7/c1-25-8-9-26-17-5-3-2-4-13(17)10-14-11-15(6-7-16(14)18(26)12-25)32-24-21(29)19(27)20(28)22(33-24)23(30)31/h2-7,11,18-22,24,27-29H,8-10,12H2,1H3,(H,30,31). The van der Waals surface area contributed by atoms with Crippen LogP contribution in [0.2, 0.25) is 0 Å². The van der Waals surface area contributed by atoms with Crippen molar-refractivity contribution in [1.29, 1.82) is 0 Å². The van der Waals surface area contributed by atoms with Gasteiger partial charge in [0.2, 0.25) is 6.29 Å². The highest BCUT2D eigenvalue weighted by Gasteiger charge is 2.48. The fourth-order valence-electron chi connectivity index (χ4n) is 5.04. The SMILES string of the molecule is CN1CCN2c3ccccc3Cc3cc(OC4OC(C(=O)O)C(O)C(O)C4O)ccc3C2C1. The molecule has 0 aromatic heterocycles. The minimum atomic E-state index is -1.75. The molecule has 3 aliphatic rings. The molecule has 6 atom stereocenters. The molecule has 0 aliphatic carbocycles. The van der Waals surface area contributed by atoms with Crippen LogP contribution in [0.1, 0.15) is 22.7 Å². The first-order valence-corrected chi connectivity index (χ1v) is 11.1. The molecule has 3 heterocycles. The van der Waals surface area contributed by atoms with Crippen molar-refractivity contribution in [3.05, 3.63) is 59.2 Å². The lowest BCUT2D eigenvalue weighted by molar-refractivity contribution is -0.271. The Balaban J connectivity index is 1.46. The molecule has 0 saturated carbocycles. The topological polar surface area (TPSA) is 123 Å². The number of rotatable bonds is 3. The predicted octanol–water partition coefficient (Wildman–Crippen LogP) is 0.355. The Kier molecular flexibility index (Phi) is 5.75. The highest BCUT2D eigenvalue weighted by molar-refractivity contribution is 5.73. The molecule has 5 rings (SSSR count). The number of carboxylic acid groups (broad SMARTS) is 1. The first-order chi connectivity index (χ1) is 15.8. The van der Waals surface area contributed by atoms with Gasteiger partial charge >= 0.3 is 5.97 Å². The van der Waals surface area contributed by atoms with E-state index in [1.165, 1.54) is 16.8 Å². The lowest BCUT2D eigenvalue weighted by Gasteiger charge is -2.42. The molecular formula is C24H28N2O7. The third-order valence-corrected chi connectivity index (χ3v) is 6.80. The van der Waals surface area contributed by atoms with Gasteiger partial charge in [0.15, 0.2) is 6.10 Å². The number of likely N-dealkylation sites (N-methyl/N-ethyl adjacent to an activating group) is 1. The smallest absolute Gasteiger partial charge is 0.335 e. The van der Waals surface area contributed by atoms with Gasteiger partial charge in [-0.05, 0) is 48.4 Å². The number of benzene rings is 2. The molecule has 9 nitrogen and oxygen atoms in total. The van der Waals surface area contributed by atoms with E-state index in [2.05, 4.69) is 35.0 Å². The van der Waals surface area contributed by atoms with Crippen LogP contribution in [0.3, 0.4) is 0 Å². The summed E-state index contributed by atoms with van der Waals surface area (Å²) < 4.78 is 11.1. The van der Waals surface area contributed by atoms with Crippen molar-refractivity contribution in [2.24, 2.45) is 0 Å². The van der Waals surface area contributed by atoms with Crippen LogP contribution in [-0.4, -0.2) is 88.7 Å². The van der Waals surface area contributed by atoms with Gasteiger partial charge in [0, 0.05) is 25.3 Å². The van der Waals surface area contributed by atoms with E-state index in [0.29, 0.717) is 12.2 Å². The third-order valence-electron chi connectivity index (χ3n) is 6.80. The summed E-state index contributed by atoms with van der Waals surface area (Å²) in [6.07, 6.45) is -7.49. The predicted molar refractivity (Wildman–Crippen MR) is 118 cm³/mol. The molecule has 2 aromatic rings. The van der Waals surface area contributed by atoms with Crippen LogP contribution in [0.5, 0.6) is 5.75 Å². The van der Waals surface area contributed by atoms with Gasteiger partial charge in [0.05, 0.1) is 6.04 Å². The third kappa shape index (κ3) is 3.96. The Bertz CT molecular complexity index is 1050. The van der Waals surface area contributed by atoms with Crippen LogP contribution < -0.4 is 9.64 Å². The van der Waals surface area contributed by atoms with Gasteiger partial charge in [-0.25, -0.2) is 4.79 Å². The number of carbonyl (C=O) groups is 1. The summed E-state index contributed by atoms with van der Waals surface area (Å²) >= 11 is 0. The molecule has 2 saturated heterocycles. The van der Waals surface area contributed by atoms with Gasteiger partial charge in [-0.1, -0.05) is 24.3 Å². The van der Waals surface area contributed by atoms with E-state index in [0.717, 1.165) is 25.2 Å². The molecule has 0 bridgehead atoms. The van der Waals surface area contributed by atoms with Crippen molar-refractivity contribution >= 4 is 11.7 Å². The molecule has 3 aliphatic heterocycles. The maximum atomic E-state index is 11.4. The van der Waals surface area contributed by atoms with E-state index in [1.54, 1.807) is 6.07 Å². The number of aliphatic carboxylic acids is 1. The number of anilines is 1. The molecule has 2 aromatic carbocycles. The van der Waals surface area contributed by atoms with E-state index >= 15 is 0 Å². The Morgan fingerprint density at radius 3 is 2.61 bits per heavy atom. The highest BCUT2D eigenvalue weighted by atomic mass is 16.7. The summed E-state index contributed by atoms with van der Waals surface area (Å²) in [5, 5.41) is 39.5. The van der Waals surface area contributed by atoms with Crippen molar-refractivity contribution in [2.45, 2.75) is 43.2 Å². The first-order valence-electron chi connectivity index (χ1n) is 11.1. The Morgan fingerprint density at radius 1 is 1.03 bits per heavy atom. The average Bonchev–Trinajstić information content (AvgIpc) is 2.93. The fraction of sp³-hybridized carbons (Fsp3) is 0.458. The molecule has 4 N–H and O–H groups in total. The summed E-state index contributed by atoms with van der Waals surface area (Å²) in [6.45, 7) is 2.79. The van der Waals surface area contributed by atoms with E-state index in [1.807, 2.05) is 18.2 Å². The number of aliphatic hydroxyl groups excluding tert-OH is 3. The summed E-state index contributed by atoms with van der Waals surface area (Å²) in [6, 6.07) is 14.2. The summed E-state index contributed by atoms with van der Waals surface area (Å²) in [7, 11) is 2.12. The fourth-order valence-corrected chi connectivity index (χ4v) is 5.04. The maximum Gasteiger partial charge on any atom is 0.335 e. The van der Waals surface area contributed by atoms with Crippen LogP contribution in [-0.2, 0) is 16.0 Å². The number of hydrogen-bond donors (Lipinski definition) is 4. The Labute approximate surface area is 191 Å². The Morgan fingerprint density at radius 2 is 1.82 bits per heavy atom. The Hall–Kier alpha value is -2.69. The van der Waals surface area contributed by atoms with Crippen LogP contribution in [0.4, 0.5) is 5.69 Å². The molecular weight excluding hydrogens is 428 g/mol. The van der Waals surface area contributed by atoms with Gasteiger partial charge in [0.1, 0.15) is 24.1 Å². The average molecular weight is 456 g/mol. The number of nitrogens with zero attached hydrogens (tertiary/aromatic N) is 2. The molecule has 6 unspecified atom stereocenters. The van der Waals surface area contributed by atoms with Crippen molar-refractivity contribution in [3.63, 3.8) is 0 Å². The molecule has 2 fully saturated rings. The van der Waals surface area contributed by atoms with Crippen molar-refractivity contribution in [1.82, 2.24) is 4.90 Å². The zero-order chi connectivity index (χ0) is 23.3. The maximum absolute atomic E-state index is 11.4. The van der Waals surface area contributed by atoms with Gasteiger partial charge in [-0.2, -0.15) is 0 Å². The normalized spacial score (nSPS) is 31.7. The monoisotopic (exact) mass is 456 g/mol. The number of fused-ring (bicyclic) bond motifs is 5. The molecule has 9 heteroatoms. The molecule has 0 spiro atoms. The number of ether oxygens (including phenoxy) is 2. The van der Waals surface area contributed by atoms with Crippen LogP contribution in [0.25, 0.3) is 0 Å². The second-order valence-corrected chi connectivity index (χ2v) is 8.99. The molecule has 0 amide bonds. The number of carboxylic acids is 1. The van der Waals surface area contributed by atoms with Gasteiger partial charge in [-0.3, -0.25) is 0 Å². The van der Waals surface area contributed by atoms with E-state index in [-0.39, 0.29) is 6.04 Å². The quantitative estimate of drug-likeness (QED) is 0.518. The largest absolute Gasteiger partial charge is 0.479 e. The van der Waals surface area contributed by atoms with E-state index < -0.39 is 36.7 Å². The summed E-state index contributed by atoms with van der Waals surface area (Å²) in [4.78, 5) is 16.1. The van der Waals surface area contributed by atoms with Crippen molar-refractivity contribution in [2.75, 3.05) is 31.6 Å². The second kappa shape index (κ2) is 8.58. The van der Waals surface area contributed by atoms with Gasteiger partial charge < -0.3 is 39.7 Å². The molecule has 176 valence electrons. The van der Waals surface area contributed by atoms with E-state index in [9.17, 15) is 25.2 Å². The number of hydrogen-bond acceptors (Lipinski definition) is 8. The minimum Gasteiger partial charge on any atom is -0.479 e. The van der Waals surface area contributed by atoms with Crippen molar-refractivity contribution < 1.29 is 34.7 Å². The van der Waals surface area contributed by atoms with Crippen LogP contribution in [0, 0.1) is 0 Å². The number of piperazine rings is 1. The van der Waals surface area contributed by atoms with Gasteiger partial charge in [0.25, 0.3) is 0 Å². The zero-order valence-electron chi connectivity index (χ0n) is 18.2. The van der Waals surface area contributed by atoms with Crippen LogP contribution in [0.15, 0.2) is 42.5 Å². The highest BCUT2D eigenvalue weighted by Crippen LogP contribution is 2.40. The lowest BCUT2D eigenvalue weighted by atomic mass is 9.95. The zero-order valence-corrected chi connectivity index (χ0v) is 18.2. The molecule has 33 heavy (non-hydrogen) atoms. The van der Waals surface area contributed by atoms with E-state index in [4.69, 9.17) is 9.47 Å². The lowest BCUT2D eigenvalue weighted by Crippen LogP contribution is -2.61.